The second kappa shape index (κ2) is 9.51. The number of amides is 1. The van der Waals surface area contributed by atoms with Crippen molar-refractivity contribution >= 4 is 17.7 Å². The molecule has 0 radical (unpaired) electrons. The van der Waals surface area contributed by atoms with Gasteiger partial charge >= 0.3 is 0 Å². The molecule has 1 N–H and O–H groups in total. The highest BCUT2D eigenvalue weighted by Crippen LogP contribution is 2.21. The predicted octanol–water partition coefficient (Wildman–Crippen LogP) is 3.72. The van der Waals surface area contributed by atoms with E-state index in [1.807, 2.05) is 43.7 Å². The van der Waals surface area contributed by atoms with E-state index in [0.717, 1.165) is 47.5 Å². The molecule has 3 aromatic heterocycles. The third-order valence-electron chi connectivity index (χ3n) is 4.91. The van der Waals surface area contributed by atoms with E-state index in [1.54, 1.807) is 11.8 Å². The first-order chi connectivity index (χ1) is 14.3. The minimum absolute atomic E-state index is 0.0805. The van der Waals surface area contributed by atoms with Crippen molar-refractivity contribution in [2.75, 3.05) is 12.8 Å². The van der Waals surface area contributed by atoms with Crippen molar-refractivity contribution in [3.8, 4) is 5.82 Å². The van der Waals surface area contributed by atoms with Crippen molar-refractivity contribution < 1.29 is 9.32 Å². The van der Waals surface area contributed by atoms with E-state index in [4.69, 9.17) is 4.52 Å². The first kappa shape index (κ1) is 22.1. The van der Waals surface area contributed by atoms with Crippen LogP contribution in [-0.2, 0) is 13.0 Å². The summed E-state index contributed by atoms with van der Waals surface area (Å²) < 4.78 is 9.30. The van der Waals surface area contributed by atoms with Crippen LogP contribution < -0.4 is 5.32 Å². The molecule has 0 saturated heterocycles. The molecule has 162 valence electrons. The maximum absolute atomic E-state index is 12.7. The SMILES string of the molecule is CSc1nnc(CCCNC(=O)c2cc(C)n(-c3cc(C)on3)c2C)n1CC(C)C. The van der Waals surface area contributed by atoms with Crippen molar-refractivity contribution in [2.24, 2.45) is 5.92 Å². The lowest BCUT2D eigenvalue weighted by Gasteiger charge is -2.12. The fourth-order valence-electron chi connectivity index (χ4n) is 3.55. The number of carbonyl (C=O) groups is 1. The molecule has 0 aliphatic heterocycles. The minimum Gasteiger partial charge on any atom is -0.360 e. The Morgan fingerprint density at radius 3 is 2.63 bits per heavy atom. The minimum atomic E-state index is -0.0805. The molecule has 0 aromatic carbocycles. The van der Waals surface area contributed by atoms with Crippen LogP contribution in [0.5, 0.6) is 0 Å². The zero-order valence-electron chi connectivity index (χ0n) is 18.5. The van der Waals surface area contributed by atoms with E-state index in [-0.39, 0.29) is 5.91 Å². The monoisotopic (exact) mass is 430 g/mol. The van der Waals surface area contributed by atoms with Gasteiger partial charge in [0.05, 0.1) is 5.56 Å². The molecule has 0 atom stereocenters. The summed E-state index contributed by atoms with van der Waals surface area (Å²) in [5.74, 6) is 2.84. The summed E-state index contributed by atoms with van der Waals surface area (Å²) in [7, 11) is 0. The summed E-state index contributed by atoms with van der Waals surface area (Å²) in [5.41, 5.74) is 2.44. The van der Waals surface area contributed by atoms with Gasteiger partial charge in [0.1, 0.15) is 11.6 Å². The van der Waals surface area contributed by atoms with Crippen LogP contribution in [0.3, 0.4) is 0 Å². The van der Waals surface area contributed by atoms with Crippen LogP contribution in [0.25, 0.3) is 5.82 Å². The second-order valence-corrected chi connectivity index (χ2v) is 8.66. The van der Waals surface area contributed by atoms with Crippen molar-refractivity contribution in [3.05, 3.63) is 40.7 Å². The van der Waals surface area contributed by atoms with Crippen LogP contribution in [-0.4, -0.2) is 43.2 Å². The molecule has 3 aromatic rings. The third kappa shape index (κ3) is 4.77. The molecule has 0 unspecified atom stereocenters. The maximum Gasteiger partial charge on any atom is 0.253 e. The van der Waals surface area contributed by atoms with Gasteiger partial charge in [0.25, 0.3) is 5.91 Å². The average Bonchev–Trinajstić information content (AvgIpc) is 3.36. The van der Waals surface area contributed by atoms with Gasteiger partial charge < -0.3 is 14.4 Å². The van der Waals surface area contributed by atoms with Gasteiger partial charge in [-0.15, -0.1) is 10.2 Å². The molecule has 0 bridgehead atoms. The highest BCUT2D eigenvalue weighted by molar-refractivity contribution is 7.98. The van der Waals surface area contributed by atoms with Gasteiger partial charge in [0.2, 0.25) is 0 Å². The summed E-state index contributed by atoms with van der Waals surface area (Å²) in [6, 6.07) is 3.75. The number of nitrogens with zero attached hydrogens (tertiary/aromatic N) is 5. The Labute approximate surface area is 181 Å². The Balaban J connectivity index is 1.60. The van der Waals surface area contributed by atoms with Crippen LogP contribution in [0.1, 0.15) is 53.6 Å². The molecular weight excluding hydrogens is 400 g/mol. The van der Waals surface area contributed by atoms with Crippen LogP contribution in [0.4, 0.5) is 0 Å². The van der Waals surface area contributed by atoms with E-state index in [0.29, 0.717) is 23.8 Å². The Kier molecular flexibility index (Phi) is 7.02. The number of aryl methyl sites for hydroxylation is 3. The molecule has 0 fully saturated rings. The normalized spacial score (nSPS) is 11.4. The van der Waals surface area contributed by atoms with Gasteiger partial charge in [0, 0.05) is 37.0 Å². The molecule has 3 heterocycles. The number of carbonyl (C=O) groups excluding carboxylic acids is 1. The predicted molar refractivity (Wildman–Crippen MR) is 117 cm³/mol. The molecule has 8 nitrogen and oxygen atoms in total. The van der Waals surface area contributed by atoms with Crippen molar-refractivity contribution in [1.29, 1.82) is 0 Å². The third-order valence-corrected chi connectivity index (χ3v) is 5.57. The van der Waals surface area contributed by atoms with Gasteiger partial charge in [0.15, 0.2) is 11.0 Å². The summed E-state index contributed by atoms with van der Waals surface area (Å²) >= 11 is 1.61. The van der Waals surface area contributed by atoms with Crippen molar-refractivity contribution in [1.82, 2.24) is 29.8 Å². The lowest BCUT2D eigenvalue weighted by molar-refractivity contribution is 0.0952. The standard InChI is InChI=1S/C21H30N6O2S/c1-13(2)12-26-18(23-24-21(26)30-6)8-7-9-22-20(28)17-10-14(3)27(16(17)5)19-11-15(4)29-25-19/h10-11,13H,7-9,12H2,1-6H3,(H,22,28). The van der Waals surface area contributed by atoms with Crippen molar-refractivity contribution in [3.63, 3.8) is 0 Å². The smallest absolute Gasteiger partial charge is 0.253 e. The molecule has 0 aliphatic carbocycles. The molecule has 1 amide bonds. The number of nitrogens with one attached hydrogen (secondary N) is 1. The molecule has 30 heavy (non-hydrogen) atoms. The fourth-order valence-corrected chi connectivity index (χ4v) is 4.07. The quantitative estimate of drug-likeness (QED) is 0.411. The van der Waals surface area contributed by atoms with Gasteiger partial charge in [-0.25, -0.2) is 0 Å². The largest absolute Gasteiger partial charge is 0.360 e. The van der Waals surface area contributed by atoms with E-state index in [1.165, 1.54) is 0 Å². The first-order valence-electron chi connectivity index (χ1n) is 10.2. The number of hydrogen-bond donors (Lipinski definition) is 1. The molecule has 0 aliphatic rings. The summed E-state index contributed by atoms with van der Waals surface area (Å²) in [6.45, 7) is 11.6. The maximum atomic E-state index is 12.7. The number of hydrogen-bond acceptors (Lipinski definition) is 6. The lowest BCUT2D eigenvalue weighted by Crippen LogP contribution is -2.25. The fraction of sp³-hybridized carbons (Fsp3) is 0.524. The van der Waals surface area contributed by atoms with E-state index in [2.05, 4.69) is 39.1 Å². The summed E-state index contributed by atoms with van der Waals surface area (Å²) in [4.78, 5) is 12.7. The first-order valence-corrected chi connectivity index (χ1v) is 11.4. The number of rotatable bonds is 9. The Morgan fingerprint density at radius 2 is 2.00 bits per heavy atom. The van der Waals surface area contributed by atoms with Gasteiger partial charge in [-0.1, -0.05) is 30.8 Å². The summed E-state index contributed by atoms with van der Waals surface area (Å²) in [5, 5.41) is 16.7. The number of aromatic nitrogens is 5. The van der Waals surface area contributed by atoms with Crippen LogP contribution in [0.15, 0.2) is 21.8 Å². The number of thioether (sulfide) groups is 1. The zero-order chi connectivity index (χ0) is 21.8. The topological polar surface area (TPSA) is 90.8 Å². The molecular formula is C21H30N6O2S. The molecule has 3 rings (SSSR count). The Bertz CT molecular complexity index is 1020. The Hall–Kier alpha value is -2.55. The van der Waals surface area contributed by atoms with E-state index < -0.39 is 0 Å². The van der Waals surface area contributed by atoms with E-state index in [9.17, 15) is 4.79 Å². The highest BCUT2D eigenvalue weighted by atomic mass is 32.2. The van der Waals surface area contributed by atoms with Crippen LogP contribution >= 0.6 is 11.8 Å². The molecule has 0 saturated carbocycles. The van der Waals surface area contributed by atoms with Crippen molar-refractivity contribution in [2.45, 2.75) is 59.2 Å². The Morgan fingerprint density at radius 1 is 1.23 bits per heavy atom. The molecule has 9 heteroatoms. The molecule has 0 spiro atoms. The van der Waals surface area contributed by atoms with Gasteiger partial charge in [-0.2, -0.15) is 0 Å². The van der Waals surface area contributed by atoms with Crippen LogP contribution in [0, 0.1) is 26.7 Å². The van der Waals surface area contributed by atoms with E-state index >= 15 is 0 Å². The average molecular weight is 431 g/mol. The highest BCUT2D eigenvalue weighted by Gasteiger charge is 2.18. The lowest BCUT2D eigenvalue weighted by atomic mass is 10.2. The van der Waals surface area contributed by atoms with Crippen LogP contribution in [0.2, 0.25) is 0 Å². The van der Waals surface area contributed by atoms with Gasteiger partial charge in [-0.3, -0.25) is 9.36 Å². The second-order valence-electron chi connectivity index (χ2n) is 7.88. The summed E-state index contributed by atoms with van der Waals surface area (Å²) in [6.07, 6.45) is 3.59. The van der Waals surface area contributed by atoms with Gasteiger partial charge in [-0.05, 0) is 45.4 Å². The zero-order valence-corrected chi connectivity index (χ0v) is 19.3.